The van der Waals surface area contributed by atoms with E-state index in [-0.39, 0.29) is 5.91 Å². The van der Waals surface area contributed by atoms with Crippen molar-refractivity contribution in [3.05, 3.63) is 65.7 Å². The van der Waals surface area contributed by atoms with Gasteiger partial charge in [0.25, 0.3) is 11.8 Å². The van der Waals surface area contributed by atoms with Crippen LogP contribution in [0.4, 0.5) is 5.69 Å². The summed E-state index contributed by atoms with van der Waals surface area (Å²) in [6, 6.07) is 15.8. The number of amides is 3. The Morgan fingerprint density at radius 1 is 1.00 bits per heavy atom. The minimum Gasteiger partial charge on any atom is -0.349 e. The second-order valence-electron chi connectivity index (χ2n) is 7.35. The average molecular weight is 410 g/mol. The Balaban J connectivity index is 1.59. The minimum atomic E-state index is -0.920. The third-order valence-electron chi connectivity index (χ3n) is 4.78. The van der Waals surface area contributed by atoms with Gasteiger partial charge in [-0.3, -0.25) is 14.4 Å². The van der Waals surface area contributed by atoms with Crippen molar-refractivity contribution in [2.45, 2.75) is 31.2 Å². The summed E-state index contributed by atoms with van der Waals surface area (Å²) < 4.78 is 5.29. The van der Waals surface area contributed by atoms with E-state index in [1.165, 1.54) is 4.90 Å². The van der Waals surface area contributed by atoms with Crippen LogP contribution in [0.15, 0.2) is 54.6 Å². The number of carbonyl (C=O) groups excluding carboxylic acids is 3. The molecule has 0 saturated carbocycles. The molecule has 3 amide bonds. The number of anilines is 1. The van der Waals surface area contributed by atoms with Crippen LogP contribution in [-0.2, 0) is 32.1 Å². The molecule has 0 aliphatic carbocycles. The first-order chi connectivity index (χ1) is 14.4. The monoisotopic (exact) mass is 410 g/mol. The van der Waals surface area contributed by atoms with E-state index in [1.54, 1.807) is 32.3 Å². The zero-order valence-corrected chi connectivity index (χ0v) is 17.0. The number of nitrogens with one attached hydrogen (secondary N) is 2. The fourth-order valence-electron chi connectivity index (χ4n) is 3.12. The molecular weight excluding hydrogens is 384 g/mol. The predicted octanol–water partition coefficient (Wildman–Crippen LogP) is 0.667. The van der Waals surface area contributed by atoms with Crippen molar-refractivity contribution in [1.82, 2.24) is 10.2 Å². The van der Waals surface area contributed by atoms with Crippen LogP contribution in [0.25, 0.3) is 0 Å². The highest BCUT2D eigenvalue weighted by molar-refractivity contribution is 6.02. The second kappa shape index (κ2) is 9.51. The van der Waals surface area contributed by atoms with Gasteiger partial charge in [-0.1, -0.05) is 42.5 Å². The van der Waals surface area contributed by atoms with E-state index in [2.05, 4.69) is 10.6 Å². The van der Waals surface area contributed by atoms with Crippen LogP contribution in [0.1, 0.15) is 11.1 Å². The SMILES string of the molecule is CN(C)C(=O)[C@H](Cc1ccccc1)NC(=O)C1OC1C(=O)Nc1cccc(CN)c1. The van der Waals surface area contributed by atoms with Gasteiger partial charge in [0.05, 0.1) is 0 Å². The van der Waals surface area contributed by atoms with Crippen LogP contribution >= 0.6 is 0 Å². The lowest BCUT2D eigenvalue weighted by Gasteiger charge is -2.21. The molecule has 3 atom stereocenters. The van der Waals surface area contributed by atoms with Gasteiger partial charge in [-0.15, -0.1) is 0 Å². The molecule has 4 N–H and O–H groups in total. The second-order valence-corrected chi connectivity index (χ2v) is 7.35. The zero-order valence-electron chi connectivity index (χ0n) is 17.0. The Bertz CT molecular complexity index is 916. The van der Waals surface area contributed by atoms with Crippen LogP contribution in [0.3, 0.4) is 0 Å². The van der Waals surface area contributed by atoms with Crippen LogP contribution in [0.5, 0.6) is 0 Å². The maximum atomic E-state index is 12.6. The van der Waals surface area contributed by atoms with Crippen molar-refractivity contribution in [3.63, 3.8) is 0 Å². The Morgan fingerprint density at radius 2 is 1.67 bits per heavy atom. The van der Waals surface area contributed by atoms with E-state index in [9.17, 15) is 14.4 Å². The summed E-state index contributed by atoms with van der Waals surface area (Å²) in [5, 5.41) is 5.45. The van der Waals surface area contributed by atoms with Gasteiger partial charge < -0.3 is 26.0 Å². The molecule has 0 spiro atoms. The van der Waals surface area contributed by atoms with Crippen molar-refractivity contribution < 1.29 is 19.1 Å². The van der Waals surface area contributed by atoms with Gasteiger partial charge in [0.1, 0.15) is 6.04 Å². The molecule has 1 saturated heterocycles. The highest BCUT2D eigenvalue weighted by Crippen LogP contribution is 2.24. The summed E-state index contributed by atoms with van der Waals surface area (Å²) in [4.78, 5) is 38.9. The fraction of sp³-hybridized carbons (Fsp3) is 0.318. The number of hydrogen-bond acceptors (Lipinski definition) is 5. The molecule has 3 rings (SSSR count). The number of nitrogens with two attached hydrogens (primary N) is 1. The largest absolute Gasteiger partial charge is 0.349 e. The first-order valence-electron chi connectivity index (χ1n) is 9.70. The first kappa shape index (κ1) is 21.5. The van der Waals surface area contributed by atoms with Crippen LogP contribution in [0.2, 0.25) is 0 Å². The molecule has 2 aromatic carbocycles. The minimum absolute atomic E-state index is 0.229. The van der Waals surface area contributed by atoms with E-state index < -0.39 is 30.1 Å². The molecule has 8 nitrogen and oxygen atoms in total. The van der Waals surface area contributed by atoms with Gasteiger partial charge >= 0.3 is 0 Å². The number of ether oxygens (including phenoxy) is 1. The summed E-state index contributed by atoms with van der Waals surface area (Å²) in [6.45, 7) is 0.359. The molecule has 0 bridgehead atoms. The molecule has 1 heterocycles. The van der Waals surface area contributed by atoms with E-state index in [1.807, 2.05) is 36.4 Å². The standard InChI is InChI=1S/C22H26N4O4/c1-26(2)22(29)17(12-14-7-4-3-5-8-14)25-21(28)19-18(30-19)20(27)24-16-10-6-9-15(11-16)13-23/h3-11,17-19H,12-13,23H2,1-2H3,(H,24,27)(H,25,28)/t17-,18?,19?/m0/s1. The molecule has 0 aromatic heterocycles. The quantitative estimate of drug-likeness (QED) is 0.553. The third-order valence-corrected chi connectivity index (χ3v) is 4.78. The lowest BCUT2D eigenvalue weighted by molar-refractivity contribution is -0.134. The summed E-state index contributed by atoms with van der Waals surface area (Å²) in [6.07, 6.45) is -1.46. The Hall–Kier alpha value is -3.23. The van der Waals surface area contributed by atoms with Gasteiger partial charge in [-0.25, -0.2) is 0 Å². The number of carbonyl (C=O) groups is 3. The smallest absolute Gasteiger partial charge is 0.256 e. The van der Waals surface area contributed by atoms with Gasteiger partial charge in [0.15, 0.2) is 12.2 Å². The molecule has 1 aliphatic rings. The molecule has 8 heteroatoms. The van der Waals surface area contributed by atoms with Gasteiger partial charge in [-0.2, -0.15) is 0 Å². The van der Waals surface area contributed by atoms with E-state index in [0.29, 0.717) is 18.7 Å². The first-order valence-corrected chi connectivity index (χ1v) is 9.70. The van der Waals surface area contributed by atoms with Gasteiger partial charge in [0.2, 0.25) is 5.91 Å². The van der Waals surface area contributed by atoms with Crippen LogP contribution in [0, 0.1) is 0 Å². The summed E-state index contributed by atoms with van der Waals surface area (Å²) in [5.41, 5.74) is 7.99. The molecule has 30 heavy (non-hydrogen) atoms. The van der Waals surface area contributed by atoms with Crippen molar-refractivity contribution in [2.24, 2.45) is 5.73 Å². The Kier molecular flexibility index (Phi) is 6.81. The Morgan fingerprint density at radius 3 is 2.33 bits per heavy atom. The van der Waals surface area contributed by atoms with E-state index >= 15 is 0 Å². The van der Waals surface area contributed by atoms with Gasteiger partial charge in [0, 0.05) is 32.7 Å². The van der Waals surface area contributed by atoms with E-state index in [0.717, 1.165) is 11.1 Å². The number of benzene rings is 2. The molecule has 0 radical (unpaired) electrons. The summed E-state index contributed by atoms with van der Waals surface area (Å²) in [7, 11) is 3.26. The van der Waals surface area contributed by atoms with Crippen molar-refractivity contribution in [2.75, 3.05) is 19.4 Å². The molecule has 1 aliphatic heterocycles. The summed E-state index contributed by atoms with van der Waals surface area (Å²) >= 11 is 0. The highest BCUT2D eigenvalue weighted by atomic mass is 16.6. The summed E-state index contributed by atoms with van der Waals surface area (Å²) in [5.74, 6) is -1.13. The number of likely N-dealkylation sites (N-methyl/N-ethyl adjacent to an activating group) is 1. The Labute approximate surface area is 175 Å². The molecule has 2 unspecified atom stereocenters. The average Bonchev–Trinajstić information content (AvgIpc) is 3.55. The maximum absolute atomic E-state index is 12.6. The zero-order chi connectivity index (χ0) is 21.7. The van der Waals surface area contributed by atoms with Crippen molar-refractivity contribution in [3.8, 4) is 0 Å². The molecule has 1 fully saturated rings. The topological polar surface area (TPSA) is 117 Å². The number of hydrogen-bond donors (Lipinski definition) is 3. The normalized spacial score (nSPS) is 18.2. The number of rotatable bonds is 8. The van der Waals surface area contributed by atoms with Crippen molar-refractivity contribution in [1.29, 1.82) is 0 Å². The molecule has 2 aromatic rings. The van der Waals surface area contributed by atoms with Crippen LogP contribution < -0.4 is 16.4 Å². The van der Waals surface area contributed by atoms with Gasteiger partial charge in [-0.05, 0) is 23.3 Å². The number of nitrogens with zero attached hydrogens (tertiary/aromatic N) is 1. The number of epoxide rings is 1. The van der Waals surface area contributed by atoms with Crippen molar-refractivity contribution >= 4 is 23.4 Å². The predicted molar refractivity (Wildman–Crippen MR) is 112 cm³/mol. The molecular formula is C22H26N4O4. The lowest BCUT2D eigenvalue weighted by atomic mass is 10.0. The lowest BCUT2D eigenvalue weighted by Crippen LogP contribution is -2.49. The van der Waals surface area contributed by atoms with Crippen LogP contribution in [-0.4, -0.2) is 55.0 Å². The fourth-order valence-corrected chi connectivity index (χ4v) is 3.12. The van der Waals surface area contributed by atoms with E-state index in [4.69, 9.17) is 10.5 Å². The highest BCUT2D eigenvalue weighted by Gasteiger charge is 2.51. The third kappa shape index (κ3) is 5.43. The maximum Gasteiger partial charge on any atom is 0.256 e. The molecule has 158 valence electrons.